The van der Waals surface area contributed by atoms with Crippen LogP contribution in [0.2, 0.25) is 5.02 Å². The topological polar surface area (TPSA) is 70.1 Å². The number of halogens is 1. The van der Waals surface area contributed by atoms with Crippen LogP contribution in [-0.2, 0) is 14.3 Å². The fourth-order valence-electron chi connectivity index (χ4n) is 3.48. The van der Waals surface area contributed by atoms with Crippen molar-refractivity contribution >= 4 is 23.5 Å². The summed E-state index contributed by atoms with van der Waals surface area (Å²) >= 11 is 6.04. The molecule has 1 saturated carbocycles. The lowest BCUT2D eigenvalue weighted by Crippen LogP contribution is -2.50. The van der Waals surface area contributed by atoms with E-state index in [1.807, 2.05) is 29.2 Å². The summed E-state index contributed by atoms with van der Waals surface area (Å²) in [7, 11) is 1.74. The van der Waals surface area contributed by atoms with E-state index in [2.05, 4.69) is 0 Å². The molecular formula is C18H23ClN2O4. The first-order valence-corrected chi connectivity index (χ1v) is 8.88. The summed E-state index contributed by atoms with van der Waals surface area (Å²) in [5.41, 5.74) is 1.12. The van der Waals surface area contributed by atoms with Crippen molar-refractivity contribution in [3.8, 4) is 0 Å². The molecule has 2 fully saturated rings. The van der Waals surface area contributed by atoms with E-state index in [1.165, 1.54) is 0 Å². The Morgan fingerprint density at radius 3 is 2.96 bits per heavy atom. The lowest BCUT2D eigenvalue weighted by Gasteiger charge is -2.34. The number of aliphatic carboxylic acids is 1. The second-order valence-corrected chi connectivity index (χ2v) is 7.31. The van der Waals surface area contributed by atoms with E-state index in [0.717, 1.165) is 12.0 Å². The predicted octanol–water partition coefficient (Wildman–Crippen LogP) is 1.69. The van der Waals surface area contributed by atoms with Crippen LogP contribution in [-0.4, -0.2) is 72.7 Å². The second-order valence-electron chi connectivity index (χ2n) is 6.87. The average Bonchev–Trinajstić information content (AvgIpc) is 3.34. The number of ether oxygens (including phenoxy) is 1. The molecule has 1 amide bonds. The van der Waals surface area contributed by atoms with Gasteiger partial charge < -0.3 is 14.7 Å². The van der Waals surface area contributed by atoms with Crippen LogP contribution < -0.4 is 0 Å². The molecule has 1 aromatic carbocycles. The molecule has 1 heterocycles. The van der Waals surface area contributed by atoms with E-state index in [0.29, 0.717) is 31.3 Å². The highest BCUT2D eigenvalue weighted by atomic mass is 35.5. The number of nitrogens with zero attached hydrogens (tertiary/aromatic N) is 2. The van der Waals surface area contributed by atoms with Gasteiger partial charge in [0.2, 0.25) is 5.91 Å². The normalized spacial score (nSPS) is 25.9. The summed E-state index contributed by atoms with van der Waals surface area (Å²) < 4.78 is 5.69. The Hall–Kier alpha value is -1.63. The first-order chi connectivity index (χ1) is 11.9. The van der Waals surface area contributed by atoms with Crippen LogP contribution in [0.25, 0.3) is 0 Å². The highest BCUT2D eigenvalue weighted by molar-refractivity contribution is 6.30. The smallest absolute Gasteiger partial charge is 0.317 e. The van der Waals surface area contributed by atoms with Gasteiger partial charge in [0.15, 0.2) is 0 Å². The Kier molecular flexibility index (Phi) is 5.61. The molecule has 3 atom stereocenters. The SMILES string of the molecule is CN(CC(=O)O)C[C@@H]1CN(C(=O)[C@H]2C[C@H]2c2cccc(Cl)c2)CCO1. The monoisotopic (exact) mass is 366 g/mol. The molecule has 3 rings (SSSR count). The largest absolute Gasteiger partial charge is 0.480 e. The zero-order valence-electron chi connectivity index (χ0n) is 14.2. The minimum atomic E-state index is -0.867. The lowest BCUT2D eigenvalue weighted by atomic mass is 10.1. The number of carboxylic acid groups (broad SMARTS) is 1. The number of carbonyl (C=O) groups is 2. The van der Waals surface area contributed by atoms with Crippen LogP contribution in [0.1, 0.15) is 17.9 Å². The molecule has 1 aliphatic heterocycles. The van der Waals surface area contributed by atoms with Gasteiger partial charge in [-0.05, 0) is 37.1 Å². The minimum Gasteiger partial charge on any atom is -0.480 e. The molecule has 1 N–H and O–H groups in total. The predicted molar refractivity (Wildman–Crippen MR) is 93.8 cm³/mol. The van der Waals surface area contributed by atoms with Crippen LogP contribution in [0.15, 0.2) is 24.3 Å². The van der Waals surface area contributed by atoms with E-state index in [-0.39, 0.29) is 30.4 Å². The Bertz CT molecular complexity index is 654. The Labute approximate surface area is 152 Å². The second kappa shape index (κ2) is 7.72. The van der Waals surface area contributed by atoms with Gasteiger partial charge in [0.1, 0.15) is 0 Å². The van der Waals surface area contributed by atoms with Gasteiger partial charge in [-0.1, -0.05) is 23.7 Å². The molecule has 1 saturated heterocycles. The van der Waals surface area contributed by atoms with Gasteiger partial charge in [0.25, 0.3) is 0 Å². The van der Waals surface area contributed by atoms with E-state index in [1.54, 1.807) is 11.9 Å². The van der Waals surface area contributed by atoms with E-state index >= 15 is 0 Å². The summed E-state index contributed by atoms with van der Waals surface area (Å²) in [5, 5.41) is 9.53. The molecular weight excluding hydrogens is 344 g/mol. The van der Waals surface area contributed by atoms with Crippen molar-refractivity contribution in [1.82, 2.24) is 9.80 Å². The summed E-state index contributed by atoms with van der Waals surface area (Å²) in [6, 6.07) is 7.71. The van der Waals surface area contributed by atoms with Crippen LogP contribution >= 0.6 is 11.6 Å². The zero-order valence-corrected chi connectivity index (χ0v) is 15.0. The molecule has 25 heavy (non-hydrogen) atoms. The minimum absolute atomic E-state index is 0.0222. The fourth-order valence-corrected chi connectivity index (χ4v) is 3.68. The van der Waals surface area contributed by atoms with Gasteiger partial charge >= 0.3 is 5.97 Å². The summed E-state index contributed by atoms with van der Waals surface area (Å²) in [6.07, 6.45) is 0.713. The van der Waals surface area contributed by atoms with Crippen molar-refractivity contribution in [1.29, 1.82) is 0 Å². The Balaban J connectivity index is 1.53. The first kappa shape index (κ1) is 18.2. The molecule has 0 spiro atoms. The molecule has 0 aromatic heterocycles. The summed E-state index contributed by atoms with van der Waals surface area (Å²) in [4.78, 5) is 27.1. The first-order valence-electron chi connectivity index (χ1n) is 8.50. The molecule has 7 heteroatoms. The Morgan fingerprint density at radius 1 is 1.44 bits per heavy atom. The average molecular weight is 367 g/mol. The zero-order chi connectivity index (χ0) is 18.0. The van der Waals surface area contributed by atoms with Crippen LogP contribution in [0, 0.1) is 5.92 Å². The molecule has 1 aromatic rings. The number of likely N-dealkylation sites (N-methyl/N-ethyl adjacent to an activating group) is 1. The van der Waals surface area contributed by atoms with Gasteiger partial charge in [0, 0.05) is 30.6 Å². The molecule has 1 aliphatic carbocycles. The van der Waals surface area contributed by atoms with Crippen LogP contribution in [0.3, 0.4) is 0 Å². The highest BCUT2D eigenvalue weighted by Crippen LogP contribution is 2.49. The standard InChI is InChI=1S/C18H23ClN2O4/c1-20(11-17(22)23)9-14-10-21(5-6-25-14)18(24)16-8-15(16)12-3-2-4-13(19)7-12/h2-4,7,14-16H,5-6,8-11H2,1H3,(H,22,23)/t14-,15+,16+/m1/s1. The van der Waals surface area contributed by atoms with E-state index in [4.69, 9.17) is 21.4 Å². The number of hydrogen-bond donors (Lipinski definition) is 1. The number of amides is 1. The van der Waals surface area contributed by atoms with Crippen molar-refractivity contribution in [3.05, 3.63) is 34.9 Å². The molecule has 0 radical (unpaired) electrons. The molecule has 6 nitrogen and oxygen atoms in total. The van der Waals surface area contributed by atoms with Crippen molar-refractivity contribution in [2.45, 2.75) is 18.4 Å². The number of hydrogen-bond acceptors (Lipinski definition) is 4. The highest BCUT2D eigenvalue weighted by Gasteiger charge is 2.46. The van der Waals surface area contributed by atoms with Crippen molar-refractivity contribution in [2.75, 3.05) is 39.8 Å². The van der Waals surface area contributed by atoms with Gasteiger partial charge in [-0.3, -0.25) is 14.5 Å². The van der Waals surface area contributed by atoms with Crippen LogP contribution in [0.4, 0.5) is 0 Å². The third-order valence-corrected chi connectivity index (χ3v) is 4.99. The van der Waals surface area contributed by atoms with Gasteiger partial charge in [0.05, 0.1) is 19.3 Å². The number of rotatable bonds is 6. The number of benzene rings is 1. The molecule has 136 valence electrons. The number of carboxylic acids is 1. The third kappa shape index (κ3) is 4.71. The van der Waals surface area contributed by atoms with E-state index in [9.17, 15) is 9.59 Å². The maximum Gasteiger partial charge on any atom is 0.317 e. The van der Waals surface area contributed by atoms with Crippen molar-refractivity contribution in [2.24, 2.45) is 5.92 Å². The Morgan fingerprint density at radius 2 is 2.24 bits per heavy atom. The third-order valence-electron chi connectivity index (χ3n) is 4.76. The fraction of sp³-hybridized carbons (Fsp3) is 0.556. The van der Waals surface area contributed by atoms with Gasteiger partial charge in [-0.25, -0.2) is 0 Å². The number of morpholine rings is 1. The van der Waals surface area contributed by atoms with Gasteiger partial charge in [-0.15, -0.1) is 0 Å². The summed E-state index contributed by atoms with van der Waals surface area (Å²) in [5.74, 6) is -0.427. The van der Waals surface area contributed by atoms with E-state index < -0.39 is 5.97 Å². The lowest BCUT2D eigenvalue weighted by molar-refractivity contribution is -0.143. The van der Waals surface area contributed by atoms with Gasteiger partial charge in [-0.2, -0.15) is 0 Å². The quantitative estimate of drug-likeness (QED) is 0.829. The summed E-state index contributed by atoms with van der Waals surface area (Å²) in [6.45, 7) is 2.07. The number of carbonyl (C=O) groups excluding carboxylic acids is 1. The molecule has 0 unspecified atom stereocenters. The molecule has 0 bridgehead atoms. The molecule has 2 aliphatic rings. The maximum atomic E-state index is 12.8. The van der Waals surface area contributed by atoms with Crippen molar-refractivity contribution < 1.29 is 19.4 Å². The van der Waals surface area contributed by atoms with Crippen molar-refractivity contribution in [3.63, 3.8) is 0 Å². The maximum absolute atomic E-state index is 12.8. The van der Waals surface area contributed by atoms with Crippen LogP contribution in [0.5, 0.6) is 0 Å².